The number of carbonyl (C=O) groups excluding carboxylic acids is 3. The molecular weight excluding hydrogens is 544 g/mol. The number of carbonyl (C=O) groups is 3. The van der Waals surface area contributed by atoms with Gasteiger partial charge >= 0.3 is 0 Å². The summed E-state index contributed by atoms with van der Waals surface area (Å²) in [5.74, 6) is -2.27. The number of rotatable bonds is 9. The molecule has 0 saturated carbocycles. The standard InChI is InChI=1S/C27H25BrN2O5S/c1-3-24(31)23(16-30-26(32)21-6-4-5-7-22(21)27(30)33)25(18-10-12-19(28)13-11-18)29-36(34,35)20-14-8-17(2)9-15-20/h4-15,23,25,29H,3,16H2,1-2H3/t23-,25+/m0/s1. The maximum atomic E-state index is 13.4. The van der Waals surface area contributed by atoms with Crippen LogP contribution in [0.25, 0.3) is 0 Å². The van der Waals surface area contributed by atoms with Crippen LogP contribution in [0.2, 0.25) is 0 Å². The van der Waals surface area contributed by atoms with Crippen molar-refractivity contribution in [2.24, 2.45) is 5.92 Å². The fraction of sp³-hybridized carbons (Fsp3) is 0.222. The van der Waals surface area contributed by atoms with Gasteiger partial charge < -0.3 is 0 Å². The van der Waals surface area contributed by atoms with Crippen molar-refractivity contribution in [3.63, 3.8) is 0 Å². The third-order valence-corrected chi connectivity index (χ3v) is 8.25. The number of nitrogens with zero attached hydrogens (tertiary/aromatic N) is 1. The number of sulfonamides is 1. The van der Waals surface area contributed by atoms with Crippen LogP contribution in [0.1, 0.15) is 51.2 Å². The van der Waals surface area contributed by atoms with Crippen LogP contribution < -0.4 is 4.72 Å². The zero-order valence-corrected chi connectivity index (χ0v) is 22.2. The lowest BCUT2D eigenvalue weighted by Crippen LogP contribution is -2.44. The molecule has 0 aromatic heterocycles. The van der Waals surface area contributed by atoms with Crippen LogP contribution in [-0.4, -0.2) is 37.5 Å². The molecule has 0 bridgehead atoms. The molecule has 0 fully saturated rings. The second-order valence-corrected chi connectivity index (χ2v) is 11.3. The van der Waals surface area contributed by atoms with Gasteiger partial charge in [-0.05, 0) is 48.9 Å². The predicted molar refractivity (Wildman–Crippen MR) is 139 cm³/mol. The lowest BCUT2D eigenvalue weighted by Gasteiger charge is -2.30. The third kappa shape index (κ3) is 5.18. The number of benzene rings is 3. The number of halogens is 1. The molecule has 3 aromatic carbocycles. The van der Waals surface area contributed by atoms with Crippen molar-refractivity contribution in [3.8, 4) is 0 Å². The Kier molecular flexibility index (Phi) is 7.54. The number of imide groups is 1. The fourth-order valence-electron chi connectivity index (χ4n) is 4.26. The van der Waals surface area contributed by atoms with Gasteiger partial charge in [-0.2, -0.15) is 0 Å². The van der Waals surface area contributed by atoms with Crippen molar-refractivity contribution < 1.29 is 22.8 Å². The van der Waals surface area contributed by atoms with E-state index in [9.17, 15) is 22.8 Å². The van der Waals surface area contributed by atoms with Crippen molar-refractivity contribution in [2.45, 2.75) is 31.2 Å². The number of nitrogens with one attached hydrogen (secondary N) is 1. The Bertz CT molecular complexity index is 1380. The van der Waals surface area contributed by atoms with Gasteiger partial charge in [0.05, 0.1) is 28.0 Å². The van der Waals surface area contributed by atoms with E-state index in [2.05, 4.69) is 20.7 Å². The average molecular weight is 569 g/mol. The normalized spacial score (nSPS) is 15.0. The second-order valence-electron chi connectivity index (χ2n) is 8.66. The van der Waals surface area contributed by atoms with Gasteiger partial charge in [0.2, 0.25) is 10.0 Å². The van der Waals surface area contributed by atoms with E-state index in [1.807, 2.05) is 6.92 Å². The minimum Gasteiger partial charge on any atom is -0.299 e. The van der Waals surface area contributed by atoms with Crippen LogP contribution in [0, 0.1) is 12.8 Å². The van der Waals surface area contributed by atoms with Gasteiger partial charge in [-0.15, -0.1) is 0 Å². The largest absolute Gasteiger partial charge is 0.299 e. The molecule has 2 amide bonds. The Morgan fingerprint density at radius 1 is 0.917 bits per heavy atom. The van der Waals surface area contributed by atoms with E-state index in [0.29, 0.717) is 5.56 Å². The van der Waals surface area contributed by atoms with Gasteiger partial charge in [0.25, 0.3) is 11.8 Å². The molecule has 0 saturated heterocycles. The first-order valence-corrected chi connectivity index (χ1v) is 13.7. The van der Waals surface area contributed by atoms with Crippen molar-refractivity contribution >= 4 is 43.6 Å². The monoisotopic (exact) mass is 568 g/mol. The summed E-state index contributed by atoms with van der Waals surface area (Å²) in [6, 6.07) is 18.8. The Morgan fingerprint density at radius 2 is 1.47 bits per heavy atom. The molecule has 1 aliphatic heterocycles. The molecule has 1 heterocycles. The minimum atomic E-state index is -4.04. The average Bonchev–Trinajstić information content (AvgIpc) is 3.11. The van der Waals surface area contributed by atoms with Gasteiger partial charge in [0, 0.05) is 17.4 Å². The molecule has 0 spiro atoms. The smallest absolute Gasteiger partial charge is 0.261 e. The van der Waals surface area contributed by atoms with Gasteiger partial charge in [-0.25, -0.2) is 13.1 Å². The number of ketones is 1. The number of hydrogen-bond acceptors (Lipinski definition) is 5. The van der Waals surface area contributed by atoms with E-state index in [0.717, 1.165) is 14.9 Å². The minimum absolute atomic E-state index is 0.0543. The van der Waals surface area contributed by atoms with Gasteiger partial charge in [0.15, 0.2) is 0 Å². The van der Waals surface area contributed by atoms with Crippen molar-refractivity contribution in [1.82, 2.24) is 9.62 Å². The van der Waals surface area contributed by atoms with E-state index in [4.69, 9.17) is 0 Å². The lowest BCUT2D eigenvalue weighted by atomic mass is 9.88. The van der Waals surface area contributed by atoms with Crippen LogP contribution in [0.5, 0.6) is 0 Å². The van der Waals surface area contributed by atoms with E-state index in [-0.39, 0.29) is 34.8 Å². The van der Waals surface area contributed by atoms with Crippen LogP contribution in [0.4, 0.5) is 0 Å². The van der Waals surface area contributed by atoms with Gasteiger partial charge in [0.1, 0.15) is 5.78 Å². The zero-order chi connectivity index (χ0) is 26.0. The first-order valence-electron chi connectivity index (χ1n) is 11.4. The van der Waals surface area contributed by atoms with Crippen molar-refractivity contribution in [2.75, 3.05) is 6.54 Å². The Hall–Kier alpha value is -3.14. The Morgan fingerprint density at radius 3 is 2.00 bits per heavy atom. The highest BCUT2D eigenvalue weighted by atomic mass is 79.9. The molecular formula is C27H25BrN2O5S. The molecule has 0 unspecified atom stereocenters. The zero-order valence-electron chi connectivity index (χ0n) is 19.8. The number of amides is 2. The molecule has 0 radical (unpaired) electrons. The molecule has 9 heteroatoms. The molecule has 2 atom stereocenters. The van der Waals surface area contributed by atoms with Crippen LogP contribution in [-0.2, 0) is 14.8 Å². The van der Waals surface area contributed by atoms with E-state index < -0.39 is 33.8 Å². The molecule has 0 aliphatic carbocycles. The molecule has 1 N–H and O–H groups in total. The van der Waals surface area contributed by atoms with E-state index in [1.54, 1.807) is 67.6 Å². The summed E-state index contributed by atoms with van der Waals surface area (Å²) in [6.45, 7) is 3.27. The van der Waals surface area contributed by atoms with E-state index in [1.165, 1.54) is 12.1 Å². The number of hydrogen-bond donors (Lipinski definition) is 1. The van der Waals surface area contributed by atoms with Crippen LogP contribution >= 0.6 is 15.9 Å². The fourth-order valence-corrected chi connectivity index (χ4v) is 5.79. The lowest BCUT2D eigenvalue weighted by molar-refractivity contribution is -0.123. The highest BCUT2D eigenvalue weighted by molar-refractivity contribution is 9.10. The highest BCUT2D eigenvalue weighted by Crippen LogP contribution is 2.31. The molecule has 1 aliphatic rings. The Labute approximate surface area is 218 Å². The SMILES string of the molecule is CCC(=O)[C@H](CN1C(=O)c2ccccc2C1=O)[C@H](NS(=O)(=O)c1ccc(C)cc1)c1ccc(Br)cc1. The summed E-state index contributed by atoms with van der Waals surface area (Å²) in [6.07, 6.45) is 0.104. The second kappa shape index (κ2) is 10.5. The van der Waals surface area contributed by atoms with Gasteiger partial charge in [-0.1, -0.05) is 64.8 Å². The molecule has 3 aromatic rings. The van der Waals surface area contributed by atoms with Crippen molar-refractivity contribution in [3.05, 3.63) is 99.5 Å². The molecule has 186 valence electrons. The quantitative estimate of drug-likeness (QED) is 0.378. The number of aryl methyl sites for hydroxylation is 1. The topological polar surface area (TPSA) is 101 Å². The molecule has 36 heavy (non-hydrogen) atoms. The first-order chi connectivity index (χ1) is 17.1. The Balaban J connectivity index is 1.75. The maximum absolute atomic E-state index is 13.4. The summed E-state index contributed by atoms with van der Waals surface area (Å²) >= 11 is 3.38. The first kappa shape index (κ1) is 25.9. The molecule has 7 nitrogen and oxygen atoms in total. The summed E-state index contributed by atoms with van der Waals surface area (Å²) in [7, 11) is -4.04. The number of Topliss-reactive ketones (excluding diaryl/α,β-unsaturated/α-hetero) is 1. The summed E-state index contributed by atoms with van der Waals surface area (Å²) in [5, 5.41) is 0. The predicted octanol–water partition coefficient (Wildman–Crippen LogP) is 4.67. The van der Waals surface area contributed by atoms with E-state index >= 15 is 0 Å². The van der Waals surface area contributed by atoms with Crippen molar-refractivity contribution in [1.29, 1.82) is 0 Å². The summed E-state index contributed by atoms with van der Waals surface area (Å²) < 4.78 is 30.2. The van der Waals surface area contributed by atoms with Gasteiger partial charge in [-0.3, -0.25) is 19.3 Å². The highest BCUT2D eigenvalue weighted by Gasteiger charge is 2.41. The maximum Gasteiger partial charge on any atom is 0.261 e. The summed E-state index contributed by atoms with van der Waals surface area (Å²) in [5.41, 5.74) is 1.98. The van der Waals surface area contributed by atoms with Crippen LogP contribution in [0.15, 0.2) is 82.2 Å². The van der Waals surface area contributed by atoms with Crippen LogP contribution in [0.3, 0.4) is 0 Å². The third-order valence-electron chi connectivity index (χ3n) is 6.26. The molecule has 4 rings (SSSR count). The number of fused-ring (bicyclic) bond motifs is 1. The summed E-state index contributed by atoms with van der Waals surface area (Å²) in [4.78, 5) is 40.4.